The Morgan fingerprint density at radius 2 is 2.23 bits per heavy atom. The first-order chi connectivity index (χ1) is 6.24. The predicted molar refractivity (Wildman–Crippen MR) is 48.6 cm³/mol. The van der Waals surface area contributed by atoms with E-state index in [4.69, 9.17) is 9.84 Å². The summed E-state index contributed by atoms with van der Waals surface area (Å²) in [6.07, 6.45) is 2.70. The SMILES string of the molecule is CN[C@H](CC1CCOCC1)C(=O)O. The van der Waals surface area contributed by atoms with Gasteiger partial charge in [0.15, 0.2) is 0 Å². The molecule has 0 saturated carbocycles. The molecule has 0 aromatic heterocycles. The van der Waals surface area contributed by atoms with Crippen molar-refractivity contribution in [3.05, 3.63) is 0 Å². The molecule has 0 aromatic rings. The molecular formula is C9H17NO3. The molecular weight excluding hydrogens is 170 g/mol. The van der Waals surface area contributed by atoms with E-state index in [0.717, 1.165) is 32.5 Å². The normalized spacial score (nSPS) is 21.3. The van der Waals surface area contributed by atoms with Crippen LogP contribution in [0, 0.1) is 5.92 Å². The van der Waals surface area contributed by atoms with Gasteiger partial charge >= 0.3 is 5.97 Å². The van der Waals surface area contributed by atoms with Gasteiger partial charge < -0.3 is 15.2 Å². The van der Waals surface area contributed by atoms with Crippen LogP contribution in [0.15, 0.2) is 0 Å². The highest BCUT2D eigenvalue weighted by atomic mass is 16.5. The van der Waals surface area contributed by atoms with Gasteiger partial charge in [0.05, 0.1) is 0 Å². The van der Waals surface area contributed by atoms with Crippen LogP contribution in [0.2, 0.25) is 0 Å². The molecule has 0 unspecified atom stereocenters. The van der Waals surface area contributed by atoms with Gasteiger partial charge in [-0.15, -0.1) is 0 Å². The van der Waals surface area contributed by atoms with Crippen molar-refractivity contribution in [1.82, 2.24) is 5.32 Å². The first-order valence-electron chi connectivity index (χ1n) is 4.72. The van der Waals surface area contributed by atoms with Crippen molar-refractivity contribution in [2.45, 2.75) is 25.3 Å². The van der Waals surface area contributed by atoms with Gasteiger partial charge in [-0.1, -0.05) is 0 Å². The predicted octanol–water partition coefficient (Wildman–Crippen LogP) is 0.476. The lowest BCUT2D eigenvalue weighted by Crippen LogP contribution is -2.36. The molecule has 0 radical (unpaired) electrons. The van der Waals surface area contributed by atoms with E-state index in [1.165, 1.54) is 0 Å². The number of aliphatic carboxylic acids is 1. The van der Waals surface area contributed by atoms with E-state index in [1.807, 2.05) is 0 Å². The minimum Gasteiger partial charge on any atom is -0.480 e. The van der Waals surface area contributed by atoms with Gasteiger partial charge in [-0.05, 0) is 32.2 Å². The Kier molecular flexibility index (Phi) is 4.18. The maximum Gasteiger partial charge on any atom is 0.320 e. The van der Waals surface area contributed by atoms with E-state index >= 15 is 0 Å². The van der Waals surface area contributed by atoms with Crippen LogP contribution in [-0.2, 0) is 9.53 Å². The molecule has 0 amide bonds. The third kappa shape index (κ3) is 3.32. The molecule has 1 heterocycles. The van der Waals surface area contributed by atoms with Gasteiger partial charge in [0, 0.05) is 13.2 Å². The standard InChI is InChI=1S/C9H17NO3/c1-10-8(9(11)12)6-7-2-4-13-5-3-7/h7-8,10H,2-6H2,1H3,(H,11,12)/t8-/m1/s1. The Bertz CT molecular complexity index is 166. The minimum atomic E-state index is -0.756. The zero-order chi connectivity index (χ0) is 9.68. The van der Waals surface area contributed by atoms with Gasteiger partial charge in [0.25, 0.3) is 0 Å². The highest BCUT2D eigenvalue weighted by Crippen LogP contribution is 2.19. The summed E-state index contributed by atoms with van der Waals surface area (Å²) >= 11 is 0. The molecule has 1 aliphatic rings. The van der Waals surface area contributed by atoms with Crippen molar-refractivity contribution in [3.8, 4) is 0 Å². The van der Waals surface area contributed by atoms with Gasteiger partial charge in [-0.2, -0.15) is 0 Å². The highest BCUT2D eigenvalue weighted by Gasteiger charge is 2.22. The smallest absolute Gasteiger partial charge is 0.320 e. The zero-order valence-corrected chi connectivity index (χ0v) is 7.95. The molecule has 13 heavy (non-hydrogen) atoms. The average molecular weight is 187 g/mol. The van der Waals surface area contributed by atoms with E-state index in [-0.39, 0.29) is 0 Å². The van der Waals surface area contributed by atoms with Gasteiger partial charge in [-0.3, -0.25) is 4.79 Å². The summed E-state index contributed by atoms with van der Waals surface area (Å²) in [5.74, 6) is -0.253. The Morgan fingerprint density at radius 1 is 1.62 bits per heavy atom. The van der Waals surface area contributed by atoms with Crippen molar-refractivity contribution < 1.29 is 14.6 Å². The molecule has 76 valence electrons. The van der Waals surface area contributed by atoms with E-state index < -0.39 is 12.0 Å². The van der Waals surface area contributed by atoms with Gasteiger partial charge in [0.1, 0.15) is 6.04 Å². The number of ether oxygens (including phenoxy) is 1. The lowest BCUT2D eigenvalue weighted by atomic mass is 9.92. The van der Waals surface area contributed by atoms with Crippen LogP contribution in [0.1, 0.15) is 19.3 Å². The number of nitrogens with one attached hydrogen (secondary N) is 1. The van der Waals surface area contributed by atoms with Crippen LogP contribution in [0.25, 0.3) is 0 Å². The van der Waals surface area contributed by atoms with Crippen molar-refractivity contribution >= 4 is 5.97 Å². The fourth-order valence-corrected chi connectivity index (χ4v) is 1.66. The molecule has 1 rings (SSSR count). The fourth-order valence-electron chi connectivity index (χ4n) is 1.66. The second-order valence-electron chi connectivity index (χ2n) is 3.47. The number of carbonyl (C=O) groups is 1. The van der Waals surface area contributed by atoms with Crippen molar-refractivity contribution in [1.29, 1.82) is 0 Å². The summed E-state index contributed by atoms with van der Waals surface area (Å²) in [7, 11) is 1.69. The highest BCUT2D eigenvalue weighted by molar-refractivity contribution is 5.73. The minimum absolute atomic E-state index is 0.400. The number of rotatable bonds is 4. The van der Waals surface area contributed by atoms with E-state index in [2.05, 4.69) is 5.32 Å². The summed E-state index contributed by atoms with van der Waals surface area (Å²) in [5.41, 5.74) is 0. The molecule has 1 saturated heterocycles. The molecule has 2 N–H and O–H groups in total. The van der Waals surface area contributed by atoms with Crippen LogP contribution >= 0.6 is 0 Å². The Balaban J connectivity index is 2.31. The third-order valence-corrected chi connectivity index (χ3v) is 2.56. The molecule has 1 atom stereocenters. The molecule has 4 nitrogen and oxygen atoms in total. The second kappa shape index (κ2) is 5.19. The maximum atomic E-state index is 10.7. The lowest BCUT2D eigenvalue weighted by Gasteiger charge is -2.24. The third-order valence-electron chi connectivity index (χ3n) is 2.56. The van der Waals surface area contributed by atoms with Crippen molar-refractivity contribution in [2.75, 3.05) is 20.3 Å². The maximum absolute atomic E-state index is 10.7. The molecule has 1 aliphatic heterocycles. The Labute approximate surface area is 78.3 Å². The van der Waals surface area contributed by atoms with Crippen LogP contribution in [0.4, 0.5) is 0 Å². The number of carboxylic acid groups (broad SMARTS) is 1. The van der Waals surface area contributed by atoms with Crippen LogP contribution < -0.4 is 5.32 Å². The van der Waals surface area contributed by atoms with Gasteiger partial charge in [-0.25, -0.2) is 0 Å². The molecule has 1 fully saturated rings. The van der Waals surface area contributed by atoms with E-state index in [9.17, 15) is 4.79 Å². The quantitative estimate of drug-likeness (QED) is 0.672. The topological polar surface area (TPSA) is 58.6 Å². The molecule has 0 aromatic carbocycles. The zero-order valence-electron chi connectivity index (χ0n) is 7.95. The second-order valence-corrected chi connectivity index (χ2v) is 3.47. The monoisotopic (exact) mass is 187 g/mol. The number of hydrogen-bond acceptors (Lipinski definition) is 3. The largest absolute Gasteiger partial charge is 0.480 e. The van der Waals surface area contributed by atoms with Crippen LogP contribution in [0.3, 0.4) is 0 Å². The number of likely N-dealkylation sites (N-methyl/N-ethyl adjacent to an activating group) is 1. The summed E-state index contributed by atoms with van der Waals surface area (Å²) < 4.78 is 5.21. The van der Waals surface area contributed by atoms with Gasteiger partial charge in [0.2, 0.25) is 0 Å². The Hall–Kier alpha value is -0.610. The van der Waals surface area contributed by atoms with E-state index in [0.29, 0.717) is 5.92 Å². The molecule has 0 aliphatic carbocycles. The first kappa shape index (κ1) is 10.5. The molecule has 0 bridgehead atoms. The fraction of sp³-hybridized carbons (Fsp3) is 0.889. The average Bonchev–Trinajstić information content (AvgIpc) is 2.15. The Morgan fingerprint density at radius 3 is 2.69 bits per heavy atom. The van der Waals surface area contributed by atoms with Crippen molar-refractivity contribution in [2.24, 2.45) is 5.92 Å². The number of carboxylic acids is 1. The summed E-state index contributed by atoms with van der Waals surface area (Å²) in [6.45, 7) is 1.56. The van der Waals surface area contributed by atoms with Crippen LogP contribution in [0.5, 0.6) is 0 Å². The summed E-state index contributed by atoms with van der Waals surface area (Å²) in [5, 5.41) is 11.6. The summed E-state index contributed by atoms with van der Waals surface area (Å²) in [6, 6.07) is -0.400. The molecule has 4 heteroatoms. The summed E-state index contributed by atoms with van der Waals surface area (Å²) in [4.78, 5) is 10.7. The molecule has 0 spiro atoms. The van der Waals surface area contributed by atoms with Crippen molar-refractivity contribution in [3.63, 3.8) is 0 Å². The first-order valence-corrected chi connectivity index (χ1v) is 4.72. The van der Waals surface area contributed by atoms with E-state index in [1.54, 1.807) is 7.05 Å². The number of hydrogen-bond donors (Lipinski definition) is 2. The lowest BCUT2D eigenvalue weighted by molar-refractivity contribution is -0.140. The van der Waals surface area contributed by atoms with Crippen LogP contribution in [-0.4, -0.2) is 37.4 Å².